The van der Waals surface area contributed by atoms with Crippen molar-refractivity contribution in [3.05, 3.63) is 47.4 Å². The van der Waals surface area contributed by atoms with Crippen molar-refractivity contribution in [3.63, 3.8) is 0 Å². The van der Waals surface area contributed by atoms with E-state index in [0.29, 0.717) is 0 Å². The van der Waals surface area contributed by atoms with E-state index in [2.05, 4.69) is 20.2 Å². The van der Waals surface area contributed by atoms with Gasteiger partial charge in [0.1, 0.15) is 11.4 Å². The van der Waals surface area contributed by atoms with Crippen LogP contribution in [-0.2, 0) is 5.75 Å². The molecule has 0 saturated heterocycles. The highest BCUT2D eigenvalue weighted by molar-refractivity contribution is 7.98. The van der Waals surface area contributed by atoms with Crippen LogP contribution in [0.4, 0.5) is 0 Å². The maximum atomic E-state index is 6.12. The lowest BCUT2D eigenvalue weighted by Gasteiger charge is -2.03. The predicted octanol–water partition coefficient (Wildman–Crippen LogP) is 3.30. The number of nitrogens with zero attached hydrogens (tertiary/aromatic N) is 3. The maximum absolute atomic E-state index is 6.12. The zero-order valence-electron chi connectivity index (χ0n) is 9.30. The van der Waals surface area contributed by atoms with Crippen LogP contribution in [0.2, 0.25) is 5.02 Å². The Morgan fingerprint density at radius 1 is 1.22 bits per heavy atom. The lowest BCUT2D eigenvalue weighted by Crippen LogP contribution is -1.87. The first-order valence-corrected chi connectivity index (χ1v) is 6.71. The average molecular weight is 277 g/mol. The maximum Gasteiger partial charge on any atom is 0.159 e. The predicted molar refractivity (Wildman–Crippen MR) is 72.7 cm³/mol. The first-order chi connectivity index (χ1) is 8.84. The van der Waals surface area contributed by atoms with E-state index >= 15 is 0 Å². The van der Waals surface area contributed by atoms with E-state index in [1.165, 1.54) is 6.33 Å². The highest BCUT2D eigenvalue weighted by Gasteiger charge is 2.07. The summed E-state index contributed by atoms with van der Waals surface area (Å²) < 4.78 is 0. The van der Waals surface area contributed by atoms with Gasteiger partial charge in [-0.15, -0.1) is 11.8 Å². The molecule has 3 aromatic rings. The lowest BCUT2D eigenvalue weighted by molar-refractivity contribution is 1.07. The fourth-order valence-electron chi connectivity index (χ4n) is 1.62. The summed E-state index contributed by atoms with van der Waals surface area (Å²) in [6.45, 7) is 0. The summed E-state index contributed by atoms with van der Waals surface area (Å²) in [5.41, 5.74) is 1.85. The minimum atomic E-state index is 0.756. The van der Waals surface area contributed by atoms with Crippen molar-refractivity contribution < 1.29 is 0 Å². The molecule has 6 heteroatoms. The molecule has 0 fully saturated rings. The van der Waals surface area contributed by atoms with Crippen molar-refractivity contribution in [3.8, 4) is 0 Å². The Morgan fingerprint density at radius 2 is 2.11 bits per heavy atom. The van der Waals surface area contributed by atoms with Crippen LogP contribution >= 0.6 is 23.4 Å². The van der Waals surface area contributed by atoms with Crippen LogP contribution in [0, 0.1) is 0 Å². The number of H-pyrrole nitrogens is 1. The van der Waals surface area contributed by atoms with E-state index < -0.39 is 0 Å². The van der Waals surface area contributed by atoms with Crippen molar-refractivity contribution in [2.24, 2.45) is 0 Å². The molecule has 2 aromatic heterocycles. The van der Waals surface area contributed by atoms with Crippen LogP contribution < -0.4 is 0 Å². The highest BCUT2D eigenvalue weighted by atomic mass is 35.5. The second-order valence-electron chi connectivity index (χ2n) is 3.69. The van der Waals surface area contributed by atoms with Crippen LogP contribution in [0.5, 0.6) is 0 Å². The Labute approximate surface area is 113 Å². The molecule has 2 heterocycles. The van der Waals surface area contributed by atoms with Gasteiger partial charge in [-0.3, -0.25) is 5.10 Å². The standard InChI is InChI=1S/C12H9ClN4S/c13-10-4-2-1-3-8(10)6-18-12-9-5-16-17-11(9)14-7-15-12/h1-5,7H,6H2,(H,14,15,16,17). The van der Waals surface area contributed by atoms with Gasteiger partial charge in [0.15, 0.2) is 5.65 Å². The summed E-state index contributed by atoms with van der Waals surface area (Å²) in [7, 11) is 0. The van der Waals surface area contributed by atoms with Crippen molar-refractivity contribution in [1.29, 1.82) is 0 Å². The van der Waals surface area contributed by atoms with Crippen LogP contribution in [0.3, 0.4) is 0 Å². The van der Waals surface area contributed by atoms with Gasteiger partial charge in [0.05, 0.1) is 11.6 Å². The van der Waals surface area contributed by atoms with Gasteiger partial charge in [-0.25, -0.2) is 9.97 Å². The van der Waals surface area contributed by atoms with Crippen LogP contribution in [0.15, 0.2) is 41.8 Å². The van der Waals surface area contributed by atoms with Crippen molar-refractivity contribution in [1.82, 2.24) is 20.2 Å². The number of fused-ring (bicyclic) bond motifs is 1. The molecule has 0 amide bonds. The van der Waals surface area contributed by atoms with Gasteiger partial charge in [0.2, 0.25) is 0 Å². The van der Waals surface area contributed by atoms with E-state index in [-0.39, 0.29) is 0 Å². The summed E-state index contributed by atoms with van der Waals surface area (Å²) in [5, 5.41) is 9.43. The highest BCUT2D eigenvalue weighted by Crippen LogP contribution is 2.28. The third kappa shape index (κ3) is 2.19. The normalized spacial score (nSPS) is 10.9. The number of hydrogen-bond acceptors (Lipinski definition) is 4. The van der Waals surface area contributed by atoms with Gasteiger partial charge in [0.25, 0.3) is 0 Å². The molecular formula is C12H9ClN4S. The number of nitrogens with one attached hydrogen (secondary N) is 1. The molecule has 1 aromatic carbocycles. The van der Waals surface area contributed by atoms with E-state index in [0.717, 1.165) is 32.4 Å². The number of rotatable bonds is 3. The number of aromatic amines is 1. The molecule has 0 aliphatic heterocycles. The quantitative estimate of drug-likeness (QED) is 0.589. The fourth-order valence-corrected chi connectivity index (χ4v) is 2.87. The van der Waals surface area contributed by atoms with Gasteiger partial charge >= 0.3 is 0 Å². The molecule has 90 valence electrons. The summed E-state index contributed by atoms with van der Waals surface area (Å²) in [4.78, 5) is 8.38. The molecule has 0 radical (unpaired) electrons. The Balaban J connectivity index is 1.85. The molecule has 0 aliphatic rings. The molecular weight excluding hydrogens is 268 g/mol. The number of halogens is 1. The fraction of sp³-hybridized carbons (Fsp3) is 0.0833. The topological polar surface area (TPSA) is 54.5 Å². The van der Waals surface area contributed by atoms with E-state index in [4.69, 9.17) is 11.6 Å². The third-order valence-corrected chi connectivity index (χ3v) is 3.96. The average Bonchev–Trinajstić information content (AvgIpc) is 2.86. The van der Waals surface area contributed by atoms with Gasteiger partial charge in [0, 0.05) is 10.8 Å². The zero-order chi connectivity index (χ0) is 12.4. The van der Waals surface area contributed by atoms with Crippen molar-refractivity contribution >= 4 is 34.4 Å². The first-order valence-electron chi connectivity index (χ1n) is 5.35. The molecule has 0 atom stereocenters. The number of hydrogen-bond donors (Lipinski definition) is 1. The van der Waals surface area contributed by atoms with Gasteiger partial charge in [-0.05, 0) is 11.6 Å². The SMILES string of the molecule is Clc1ccccc1CSc1ncnc2[nH]ncc12. The monoisotopic (exact) mass is 276 g/mol. The summed E-state index contributed by atoms with van der Waals surface area (Å²) in [6.07, 6.45) is 3.28. The van der Waals surface area contributed by atoms with E-state index in [9.17, 15) is 0 Å². The van der Waals surface area contributed by atoms with Crippen LogP contribution in [0.1, 0.15) is 5.56 Å². The number of aromatic nitrogens is 4. The Kier molecular flexibility index (Phi) is 3.17. The second-order valence-corrected chi connectivity index (χ2v) is 5.06. The molecule has 18 heavy (non-hydrogen) atoms. The third-order valence-electron chi connectivity index (χ3n) is 2.53. The van der Waals surface area contributed by atoms with E-state index in [1.807, 2.05) is 24.3 Å². The van der Waals surface area contributed by atoms with Crippen molar-refractivity contribution in [2.45, 2.75) is 10.8 Å². The largest absolute Gasteiger partial charge is 0.261 e. The lowest BCUT2D eigenvalue weighted by atomic mass is 10.2. The molecule has 0 saturated carbocycles. The van der Waals surface area contributed by atoms with Gasteiger partial charge < -0.3 is 0 Å². The van der Waals surface area contributed by atoms with Crippen LogP contribution in [0.25, 0.3) is 11.0 Å². The summed E-state index contributed by atoms with van der Waals surface area (Å²) in [6, 6.07) is 7.82. The summed E-state index contributed by atoms with van der Waals surface area (Å²) >= 11 is 7.75. The zero-order valence-corrected chi connectivity index (χ0v) is 10.9. The van der Waals surface area contributed by atoms with Gasteiger partial charge in [-0.1, -0.05) is 29.8 Å². The molecule has 0 spiro atoms. The molecule has 3 rings (SSSR count). The minimum absolute atomic E-state index is 0.756. The molecule has 0 aliphatic carbocycles. The molecule has 1 N–H and O–H groups in total. The number of benzene rings is 1. The van der Waals surface area contributed by atoms with Crippen molar-refractivity contribution in [2.75, 3.05) is 0 Å². The van der Waals surface area contributed by atoms with Gasteiger partial charge in [-0.2, -0.15) is 5.10 Å². The first kappa shape index (κ1) is 11.5. The molecule has 0 unspecified atom stereocenters. The Morgan fingerprint density at radius 3 is 3.00 bits per heavy atom. The Bertz CT molecular complexity index is 682. The second kappa shape index (κ2) is 4.96. The van der Waals surface area contributed by atoms with E-state index in [1.54, 1.807) is 18.0 Å². The molecule has 4 nitrogen and oxygen atoms in total. The smallest absolute Gasteiger partial charge is 0.159 e. The Hall–Kier alpha value is -1.59. The summed E-state index contributed by atoms with van der Waals surface area (Å²) in [5.74, 6) is 0.775. The minimum Gasteiger partial charge on any atom is -0.261 e. The number of thioether (sulfide) groups is 1. The van der Waals surface area contributed by atoms with Crippen LogP contribution in [-0.4, -0.2) is 20.2 Å². The molecule has 0 bridgehead atoms.